The number of carbonyl (C=O) groups excluding carboxylic acids is 15. The zero-order chi connectivity index (χ0) is 89.4. The number of nitrogens with one attached hydrogen (secondary N) is 13. The number of guanidine groups is 1. The van der Waals surface area contributed by atoms with Crippen LogP contribution >= 0.6 is 0 Å². The van der Waals surface area contributed by atoms with E-state index in [0.717, 1.165) is 26.0 Å². The van der Waals surface area contributed by atoms with Crippen LogP contribution in [0.3, 0.4) is 0 Å². The Balaban J connectivity index is 1.83. The second-order valence-electron chi connectivity index (χ2n) is 29.3. The minimum Gasteiger partial charge on any atom is -0.508 e. The van der Waals surface area contributed by atoms with E-state index in [2.05, 4.69) is 63.5 Å². The molecule has 3 rings (SSSR count). The fourth-order valence-corrected chi connectivity index (χ4v) is 12.1. The molecule has 1 aromatic rings. The summed E-state index contributed by atoms with van der Waals surface area (Å²) in [5.74, 6) is -26.3. The molecule has 0 unspecified atom stereocenters. The standard InChI is InChI=1S/C71H111N19O28/c1-30(2)52(85-67(114)56(35(9)94)88-63(110)45-15-12-22-90(45)69(116)54(32(5)6)86-65(112)53(31(3)4)84-62(109)44-14-11-21-89(44)68(115)51(72)33(7)92)64(111)82-42(26-50(102)103)61(108)87-55(34(8)93)66(113)81-39(23-36-16-18-37(95)19-17-36)59(106)80-40(24-48(98)99)58(105)77-27-46(96)78-38(13-10-20-75-71(73)74)57(104)76-28-47(97)79-41(25-49(100)101)60(107)83-43(29-91)70(117)118/h16-19,30-35,38-45,51-56,91-95H,10-15,20-29,72H2,1-9H3,(H,76,104)(H,77,105)(H,78,96)(H,79,97)(H,80,106)(H,81,113)(H,82,111)(H,83,107)(H,84,109)(H,85,114)(H,86,112)(H,87,108)(H,88,110)(H,98,99)(H,100,101)(H,102,103)(H,117,118)(H4,73,74,75)/t33-,34-,35-,38+,39+,40+,41+,42+,43+,44+,45+,51+,52+,53+,54+,55+,56+/m1/s1. The van der Waals surface area contributed by atoms with Crippen LogP contribution in [0.5, 0.6) is 5.75 Å². The predicted molar refractivity (Wildman–Crippen MR) is 407 cm³/mol. The van der Waals surface area contributed by atoms with Crippen LogP contribution in [-0.4, -0.2) is 316 Å². The first kappa shape index (κ1) is 100. The molecule has 15 amide bonds. The van der Waals surface area contributed by atoms with Crippen LogP contribution < -0.4 is 86.3 Å². The van der Waals surface area contributed by atoms with E-state index in [0.29, 0.717) is 6.42 Å². The number of aromatic hydroxyl groups is 1. The number of aliphatic imine (C=N–C) groups is 1. The Bertz CT molecular complexity index is 3800. The summed E-state index contributed by atoms with van der Waals surface area (Å²) >= 11 is 0. The number of nitrogens with zero attached hydrogens (tertiary/aromatic N) is 3. The van der Waals surface area contributed by atoms with Crippen molar-refractivity contribution in [2.45, 2.75) is 229 Å². The summed E-state index contributed by atoms with van der Waals surface area (Å²) in [6.45, 7) is 9.50. The third-order valence-corrected chi connectivity index (χ3v) is 18.6. The lowest BCUT2D eigenvalue weighted by Crippen LogP contribution is -2.63. The summed E-state index contributed by atoms with van der Waals surface area (Å²) in [5, 5.41) is 119. The number of aliphatic hydroxyl groups excluding tert-OH is 4. The lowest BCUT2D eigenvalue weighted by molar-refractivity contribution is -0.144. The van der Waals surface area contributed by atoms with Gasteiger partial charge < -0.3 is 142 Å². The zero-order valence-electron chi connectivity index (χ0n) is 66.5. The van der Waals surface area contributed by atoms with E-state index in [9.17, 15) is 137 Å². The number of phenols is 1. The number of hydrogen-bond donors (Lipinski definition) is 25. The second kappa shape index (κ2) is 47.9. The Kier molecular flexibility index (Phi) is 40.7. The first-order valence-corrected chi connectivity index (χ1v) is 37.7. The predicted octanol–water partition coefficient (Wildman–Crippen LogP) is -10.5. The molecule has 2 saturated heterocycles. The quantitative estimate of drug-likeness (QED) is 0.0164. The van der Waals surface area contributed by atoms with Gasteiger partial charge in [-0.15, -0.1) is 0 Å². The largest absolute Gasteiger partial charge is 0.508 e. The molecular weight excluding hydrogens is 1570 g/mol. The van der Waals surface area contributed by atoms with Gasteiger partial charge in [0.1, 0.15) is 90.3 Å². The minimum atomic E-state index is -2.17. The molecule has 28 N–H and O–H groups in total. The van der Waals surface area contributed by atoms with Crippen LogP contribution in [-0.2, 0) is 97.5 Å². The number of rotatable bonds is 48. The number of aliphatic carboxylic acids is 4. The summed E-state index contributed by atoms with van der Waals surface area (Å²) in [4.78, 5) is 260. The van der Waals surface area contributed by atoms with Crippen molar-refractivity contribution in [3.8, 4) is 5.75 Å². The Morgan fingerprint density at radius 2 is 0.805 bits per heavy atom. The van der Waals surface area contributed by atoms with E-state index in [1.165, 1.54) is 42.7 Å². The summed E-state index contributed by atoms with van der Waals surface area (Å²) in [7, 11) is 0. The van der Waals surface area contributed by atoms with Gasteiger partial charge in [0, 0.05) is 26.1 Å². The van der Waals surface area contributed by atoms with Gasteiger partial charge in [-0.1, -0.05) is 53.7 Å². The third kappa shape index (κ3) is 32.2. The van der Waals surface area contributed by atoms with Gasteiger partial charge in [0.2, 0.25) is 88.6 Å². The Morgan fingerprint density at radius 3 is 1.26 bits per heavy atom. The molecule has 1 aromatic carbocycles. The molecular formula is C71H111N19O28. The van der Waals surface area contributed by atoms with Gasteiger partial charge in [0.05, 0.1) is 57.3 Å². The first-order chi connectivity index (χ1) is 55.1. The lowest BCUT2D eigenvalue weighted by atomic mass is 9.98. The molecule has 0 bridgehead atoms. The Hall–Kier alpha value is -12.0. The zero-order valence-corrected chi connectivity index (χ0v) is 66.5. The van der Waals surface area contributed by atoms with E-state index in [4.69, 9.17) is 17.2 Å². The van der Waals surface area contributed by atoms with Gasteiger partial charge in [0.15, 0.2) is 5.96 Å². The highest BCUT2D eigenvalue weighted by Gasteiger charge is 2.45. The monoisotopic (exact) mass is 1680 g/mol. The maximum atomic E-state index is 14.5. The van der Waals surface area contributed by atoms with Crippen LogP contribution in [0.25, 0.3) is 0 Å². The number of carboxylic acid groups (broad SMARTS) is 4. The number of nitrogens with two attached hydrogens (primary N) is 3. The van der Waals surface area contributed by atoms with Crippen molar-refractivity contribution in [3.05, 3.63) is 29.8 Å². The van der Waals surface area contributed by atoms with Crippen LogP contribution in [0.1, 0.15) is 126 Å². The van der Waals surface area contributed by atoms with E-state index in [-0.39, 0.29) is 69.0 Å². The third-order valence-electron chi connectivity index (χ3n) is 18.6. The highest BCUT2D eigenvalue weighted by atomic mass is 16.4. The topological polar surface area (TPSA) is 760 Å². The average Bonchev–Trinajstić information content (AvgIpc) is 1.56. The lowest BCUT2D eigenvalue weighted by Gasteiger charge is -2.33. The van der Waals surface area contributed by atoms with Crippen molar-refractivity contribution in [1.29, 1.82) is 0 Å². The molecule has 47 nitrogen and oxygen atoms in total. The van der Waals surface area contributed by atoms with Gasteiger partial charge in [-0.05, 0) is 94.7 Å². The highest BCUT2D eigenvalue weighted by Crippen LogP contribution is 2.24. The SMILES string of the molecule is CC(C)[C@H](NC(=O)[C@@H](NC(=O)[C@@H]1CCCN1C(=O)[C@@H](NC(=O)[C@@H](NC(=O)[C@@H]1CCCN1C(=O)[C@@H](N)[C@@H](C)O)C(C)C)C(C)C)[C@@H](C)O)C(=O)N[C@@H](CC(=O)O)C(=O)N[C@H](C(=O)N[C@@H](Cc1ccc(O)cc1)C(=O)N[C@@H](CC(=O)O)C(=O)NCC(=O)N[C@@H](CCCN=C(N)N)C(=O)NCC(=O)N[C@@H](CC(=O)O)C(=O)N[C@@H](CO)C(=O)O)[C@@H](C)O. The fraction of sp³-hybridized carbons (Fsp3) is 0.634. The number of phenolic OH excluding ortho intramolecular Hbond substituents is 1. The Labute approximate surface area is 676 Å². The molecule has 17 atom stereocenters. The van der Waals surface area contributed by atoms with Crippen LogP contribution in [0.15, 0.2) is 29.3 Å². The number of hydrogen-bond acceptors (Lipinski definition) is 26. The van der Waals surface area contributed by atoms with Gasteiger partial charge in [-0.25, -0.2) is 4.79 Å². The Morgan fingerprint density at radius 1 is 0.441 bits per heavy atom. The molecule has 658 valence electrons. The second-order valence-corrected chi connectivity index (χ2v) is 29.3. The minimum absolute atomic E-state index is 0.0200. The first-order valence-electron chi connectivity index (χ1n) is 37.7. The van der Waals surface area contributed by atoms with Crippen molar-refractivity contribution in [1.82, 2.24) is 78.9 Å². The number of carbonyl (C=O) groups is 19. The molecule has 2 aliphatic rings. The van der Waals surface area contributed by atoms with E-state index in [1.54, 1.807) is 27.7 Å². The molecule has 0 radical (unpaired) electrons. The number of benzene rings is 1. The number of aliphatic hydroxyl groups is 4. The van der Waals surface area contributed by atoms with Crippen molar-refractivity contribution in [2.24, 2.45) is 39.9 Å². The van der Waals surface area contributed by atoms with Crippen LogP contribution in [0.2, 0.25) is 0 Å². The van der Waals surface area contributed by atoms with Crippen LogP contribution in [0, 0.1) is 17.8 Å². The summed E-state index contributed by atoms with van der Waals surface area (Å²) in [6.07, 6.45) is -8.46. The number of likely N-dealkylation sites (tertiary alicyclic amines) is 2. The van der Waals surface area contributed by atoms with Crippen molar-refractivity contribution in [3.63, 3.8) is 0 Å². The van der Waals surface area contributed by atoms with E-state index < -0.39 is 279 Å². The maximum absolute atomic E-state index is 14.5. The summed E-state index contributed by atoms with van der Waals surface area (Å²) in [5.41, 5.74) is 16.8. The molecule has 118 heavy (non-hydrogen) atoms. The van der Waals surface area contributed by atoms with Gasteiger partial charge in [-0.2, -0.15) is 0 Å². The number of carboxylic acids is 4. The molecule has 0 aromatic heterocycles. The summed E-state index contributed by atoms with van der Waals surface area (Å²) < 4.78 is 0. The van der Waals surface area contributed by atoms with Gasteiger partial charge >= 0.3 is 23.9 Å². The van der Waals surface area contributed by atoms with Crippen molar-refractivity contribution < 1.29 is 137 Å². The van der Waals surface area contributed by atoms with Crippen molar-refractivity contribution in [2.75, 3.05) is 39.3 Å². The number of amides is 15. The van der Waals surface area contributed by atoms with E-state index >= 15 is 0 Å². The smallest absolute Gasteiger partial charge is 0.328 e. The average molecular weight is 1680 g/mol. The molecule has 0 aliphatic carbocycles. The molecule has 0 saturated carbocycles. The normalized spacial score (nSPS) is 17.6. The molecule has 2 aliphatic heterocycles. The fourth-order valence-electron chi connectivity index (χ4n) is 12.1. The maximum Gasteiger partial charge on any atom is 0.328 e. The summed E-state index contributed by atoms with van der Waals surface area (Å²) in [6, 6.07) is -18.8. The molecule has 47 heteroatoms. The van der Waals surface area contributed by atoms with Crippen LogP contribution in [0.4, 0.5) is 0 Å². The molecule has 2 heterocycles. The highest BCUT2D eigenvalue weighted by molar-refractivity contribution is 6.02. The van der Waals surface area contributed by atoms with E-state index in [1.807, 2.05) is 10.6 Å². The van der Waals surface area contributed by atoms with Gasteiger partial charge in [-0.3, -0.25) is 91.3 Å². The van der Waals surface area contributed by atoms with Gasteiger partial charge in [0.25, 0.3) is 0 Å². The molecule has 2 fully saturated rings. The molecule has 0 spiro atoms. The van der Waals surface area contributed by atoms with Crippen molar-refractivity contribution >= 4 is 118 Å².